The number of aliphatic hydroxyl groups excluding tert-OH is 2. The Hall–Kier alpha value is -1.13. The number of hydrogen-bond donors (Lipinski definition) is 3. The van der Waals surface area contributed by atoms with Crippen molar-refractivity contribution in [3.8, 4) is 0 Å². The lowest BCUT2D eigenvalue weighted by molar-refractivity contribution is -0.123. The zero-order chi connectivity index (χ0) is 33.6. The van der Waals surface area contributed by atoms with Crippen LogP contribution in [0.25, 0.3) is 0 Å². The van der Waals surface area contributed by atoms with Crippen LogP contribution in [-0.4, -0.2) is 34.9 Å². The van der Waals surface area contributed by atoms with Crippen LogP contribution in [0.1, 0.15) is 219 Å². The number of carbonyl (C=O) groups is 1. The van der Waals surface area contributed by atoms with Crippen LogP contribution in [0.5, 0.6) is 0 Å². The van der Waals surface area contributed by atoms with Crippen molar-refractivity contribution in [1.82, 2.24) is 5.32 Å². The Balaban J connectivity index is 3.56. The fourth-order valence-corrected chi connectivity index (χ4v) is 6.23. The molecule has 0 spiro atoms. The summed E-state index contributed by atoms with van der Waals surface area (Å²) in [6.07, 6.45) is 48.4. The quantitative estimate of drug-likeness (QED) is 0.0464. The Morgan fingerprint density at radius 3 is 1.20 bits per heavy atom. The number of carbonyl (C=O) groups excluding carboxylic acids is 1. The lowest BCUT2D eigenvalue weighted by Crippen LogP contribution is -2.45. The first kappa shape index (κ1) is 44.9. The average Bonchev–Trinajstić information content (AvgIpc) is 3.06. The largest absolute Gasteiger partial charge is 0.394 e. The van der Waals surface area contributed by atoms with E-state index in [-0.39, 0.29) is 12.5 Å². The fraction of sp³-hybridized carbons (Fsp3) is 0.881. The summed E-state index contributed by atoms with van der Waals surface area (Å²) in [4.78, 5) is 12.3. The van der Waals surface area contributed by atoms with E-state index in [1.54, 1.807) is 6.08 Å². The minimum atomic E-state index is -0.836. The molecule has 3 N–H and O–H groups in total. The van der Waals surface area contributed by atoms with E-state index in [0.717, 1.165) is 25.7 Å². The van der Waals surface area contributed by atoms with Crippen LogP contribution in [0.15, 0.2) is 24.3 Å². The molecule has 2 atom stereocenters. The zero-order valence-electron chi connectivity index (χ0n) is 31.1. The summed E-state index contributed by atoms with van der Waals surface area (Å²) in [5.74, 6) is -0.0660. The highest BCUT2D eigenvalue weighted by atomic mass is 16.3. The summed E-state index contributed by atoms with van der Waals surface area (Å²) in [5, 5.41) is 22.9. The number of amides is 1. The van der Waals surface area contributed by atoms with E-state index < -0.39 is 12.1 Å². The van der Waals surface area contributed by atoms with Gasteiger partial charge in [-0.1, -0.05) is 192 Å². The van der Waals surface area contributed by atoms with Gasteiger partial charge in [-0.3, -0.25) is 4.79 Å². The minimum Gasteiger partial charge on any atom is -0.394 e. The Morgan fingerprint density at radius 1 is 0.500 bits per heavy atom. The minimum absolute atomic E-state index is 0.0660. The van der Waals surface area contributed by atoms with Gasteiger partial charge >= 0.3 is 0 Å². The van der Waals surface area contributed by atoms with Gasteiger partial charge in [0.2, 0.25) is 5.91 Å². The van der Waals surface area contributed by atoms with Crippen molar-refractivity contribution >= 4 is 5.91 Å². The third kappa shape index (κ3) is 34.2. The van der Waals surface area contributed by atoms with E-state index in [2.05, 4.69) is 31.3 Å². The molecule has 0 fully saturated rings. The van der Waals surface area contributed by atoms with Gasteiger partial charge in [-0.05, 0) is 44.9 Å². The van der Waals surface area contributed by atoms with Crippen LogP contribution in [0.3, 0.4) is 0 Å². The van der Waals surface area contributed by atoms with Crippen LogP contribution in [-0.2, 0) is 4.79 Å². The molecule has 0 aliphatic carbocycles. The molecule has 0 aromatic rings. The topological polar surface area (TPSA) is 69.6 Å². The standard InChI is InChI=1S/C42H81NO3/c1-3-5-7-9-11-13-15-17-18-19-20-21-22-23-24-26-28-30-32-34-36-38-42(46)43-40(39-44)41(45)37-35-33-31-29-27-25-16-14-12-10-8-6-4-2/h19-20,35,37,40-41,44-45H,3-18,21-34,36,38-39H2,1-2H3,(H,43,46)/b20-19-,37-35+. The van der Waals surface area contributed by atoms with Gasteiger partial charge in [0.05, 0.1) is 18.8 Å². The average molecular weight is 648 g/mol. The summed E-state index contributed by atoms with van der Waals surface area (Å²) in [7, 11) is 0. The smallest absolute Gasteiger partial charge is 0.220 e. The molecule has 0 aromatic carbocycles. The maximum absolute atomic E-state index is 12.3. The Morgan fingerprint density at radius 2 is 0.826 bits per heavy atom. The van der Waals surface area contributed by atoms with Crippen LogP contribution in [0.2, 0.25) is 0 Å². The van der Waals surface area contributed by atoms with Crippen LogP contribution < -0.4 is 5.32 Å². The molecule has 0 rings (SSSR count). The lowest BCUT2D eigenvalue weighted by Gasteiger charge is -2.20. The number of unbranched alkanes of at least 4 members (excludes halogenated alkanes) is 28. The monoisotopic (exact) mass is 648 g/mol. The summed E-state index contributed by atoms with van der Waals surface area (Å²) in [6, 6.07) is -0.619. The molecule has 4 heteroatoms. The van der Waals surface area contributed by atoms with Gasteiger partial charge in [0.25, 0.3) is 0 Å². The van der Waals surface area contributed by atoms with E-state index in [9.17, 15) is 15.0 Å². The predicted molar refractivity (Wildman–Crippen MR) is 202 cm³/mol. The van der Waals surface area contributed by atoms with Crippen LogP contribution in [0.4, 0.5) is 0 Å². The first-order chi connectivity index (χ1) is 22.7. The molecular formula is C42H81NO3. The Kier molecular flexibility index (Phi) is 37.4. The summed E-state index contributed by atoms with van der Waals surface area (Å²) >= 11 is 0. The second kappa shape index (κ2) is 38.3. The van der Waals surface area contributed by atoms with Gasteiger partial charge in [0, 0.05) is 6.42 Å². The number of aliphatic hydroxyl groups is 2. The normalized spacial score (nSPS) is 13.2. The summed E-state index contributed by atoms with van der Waals surface area (Å²) in [6.45, 7) is 4.30. The molecule has 2 unspecified atom stereocenters. The third-order valence-electron chi connectivity index (χ3n) is 9.43. The molecule has 46 heavy (non-hydrogen) atoms. The van der Waals surface area contributed by atoms with E-state index in [1.807, 2.05) is 6.08 Å². The van der Waals surface area contributed by atoms with Crippen LogP contribution in [0, 0.1) is 0 Å². The van der Waals surface area contributed by atoms with Gasteiger partial charge in [-0.15, -0.1) is 0 Å². The molecule has 0 saturated heterocycles. The lowest BCUT2D eigenvalue weighted by atomic mass is 10.0. The van der Waals surface area contributed by atoms with Crippen LogP contribution >= 0.6 is 0 Å². The van der Waals surface area contributed by atoms with E-state index in [4.69, 9.17) is 0 Å². The van der Waals surface area contributed by atoms with Crippen molar-refractivity contribution < 1.29 is 15.0 Å². The third-order valence-corrected chi connectivity index (χ3v) is 9.43. The fourth-order valence-electron chi connectivity index (χ4n) is 6.23. The number of rotatable bonds is 37. The highest BCUT2D eigenvalue weighted by Crippen LogP contribution is 2.14. The second-order valence-corrected chi connectivity index (χ2v) is 14.1. The van der Waals surface area contributed by atoms with Gasteiger partial charge < -0.3 is 15.5 Å². The predicted octanol–water partition coefficient (Wildman–Crippen LogP) is 12.5. The van der Waals surface area contributed by atoms with Crippen molar-refractivity contribution in [2.24, 2.45) is 0 Å². The Labute approximate surface area is 288 Å². The Bertz CT molecular complexity index is 661. The number of hydrogen-bond acceptors (Lipinski definition) is 3. The highest BCUT2D eigenvalue weighted by molar-refractivity contribution is 5.76. The van der Waals surface area contributed by atoms with Gasteiger partial charge in [0.15, 0.2) is 0 Å². The molecule has 0 saturated carbocycles. The SMILES string of the molecule is CCCCCCCCCC/C=C\CCCCCCCCCCCC(=O)NC(CO)C(O)/C=C/CCCCCCCCCCCCC. The highest BCUT2D eigenvalue weighted by Gasteiger charge is 2.17. The molecular weight excluding hydrogens is 566 g/mol. The molecule has 272 valence electrons. The maximum atomic E-state index is 12.3. The van der Waals surface area contributed by atoms with Gasteiger partial charge in [-0.2, -0.15) is 0 Å². The van der Waals surface area contributed by atoms with Crippen molar-refractivity contribution in [2.75, 3.05) is 6.61 Å². The first-order valence-corrected chi connectivity index (χ1v) is 20.6. The molecule has 0 aliphatic heterocycles. The van der Waals surface area contributed by atoms with Crippen molar-refractivity contribution in [3.63, 3.8) is 0 Å². The molecule has 4 nitrogen and oxygen atoms in total. The molecule has 0 bridgehead atoms. The molecule has 0 aliphatic rings. The number of allylic oxidation sites excluding steroid dienone is 3. The van der Waals surface area contributed by atoms with Crippen molar-refractivity contribution in [3.05, 3.63) is 24.3 Å². The molecule has 1 amide bonds. The first-order valence-electron chi connectivity index (χ1n) is 20.6. The van der Waals surface area contributed by atoms with Crippen molar-refractivity contribution in [1.29, 1.82) is 0 Å². The zero-order valence-corrected chi connectivity index (χ0v) is 31.1. The molecule has 0 heterocycles. The second-order valence-electron chi connectivity index (χ2n) is 14.1. The number of nitrogens with one attached hydrogen (secondary N) is 1. The van der Waals surface area contributed by atoms with E-state index in [1.165, 1.54) is 173 Å². The molecule has 0 radical (unpaired) electrons. The summed E-state index contributed by atoms with van der Waals surface area (Å²) < 4.78 is 0. The maximum Gasteiger partial charge on any atom is 0.220 e. The summed E-state index contributed by atoms with van der Waals surface area (Å²) in [5.41, 5.74) is 0. The van der Waals surface area contributed by atoms with E-state index in [0.29, 0.717) is 6.42 Å². The van der Waals surface area contributed by atoms with Gasteiger partial charge in [0.1, 0.15) is 0 Å². The van der Waals surface area contributed by atoms with Gasteiger partial charge in [-0.25, -0.2) is 0 Å². The molecule has 0 aromatic heterocycles. The van der Waals surface area contributed by atoms with E-state index >= 15 is 0 Å². The van der Waals surface area contributed by atoms with Crippen molar-refractivity contribution in [2.45, 2.75) is 231 Å².